The van der Waals surface area contributed by atoms with Crippen molar-refractivity contribution in [2.24, 2.45) is 0 Å². The van der Waals surface area contributed by atoms with Crippen LogP contribution in [0.1, 0.15) is 54.1 Å². The molecule has 1 amide bonds. The maximum absolute atomic E-state index is 13.1. The van der Waals surface area contributed by atoms with E-state index in [-0.39, 0.29) is 11.4 Å². The average molecular weight is 391 g/mol. The number of aromatic amines is 1. The van der Waals surface area contributed by atoms with Crippen molar-refractivity contribution in [2.75, 3.05) is 0 Å². The minimum absolute atomic E-state index is 0.176. The highest BCUT2D eigenvalue weighted by Crippen LogP contribution is 2.39. The molecule has 4 rings (SSSR count). The molecular weight excluding hydrogens is 366 g/mol. The fourth-order valence-electron chi connectivity index (χ4n) is 4.43. The molecule has 29 heavy (non-hydrogen) atoms. The molecule has 0 spiro atoms. The Morgan fingerprint density at radius 1 is 1.14 bits per heavy atom. The van der Waals surface area contributed by atoms with Crippen LogP contribution < -0.4 is 16.4 Å². The maximum Gasteiger partial charge on any atom is 0.316 e. The van der Waals surface area contributed by atoms with E-state index in [0.717, 1.165) is 31.2 Å². The lowest BCUT2D eigenvalue weighted by Crippen LogP contribution is -2.44. The highest BCUT2D eigenvalue weighted by atomic mass is 16.2. The number of carbonyl (C=O) groups excluding carboxylic acids is 1. The first kappa shape index (κ1) is 19.2. The molecule has 6 nitrogen and oxygen atoms in total. The van der Waals surface area contributed by atoms with Gasteiger partial charge in [-0.2, -0.15) is 0 Å². The predicted molar refractivity (Wildman–Crippen MR) is 113 cm³/mol. The molecule has 3 aromatic rings. The van der Waals surface area contributed by atoms with Crippen LogP contribution in [-0.4, -0.2) is 15.5 Å². The Balaban J connectivity index is 1.72. The second kappa shape index (κ2) is 7.35. The number of hydrogen-bond donors (Lipinski definition) is 2. The Kier molecular flexibility index (Phi) is 4.86. The summed E-state index contributed by atoms with van der Waals surface area (Å²) in [5, 5.41) is 3.27. The lowest BCUT2D eigenvalue weighted by Gasteiger charge is -2.31. The summed E-state index contributed by atoms with van der Waals surface area (Å²) in [6.07, 6.45) is 3.95. The third kappa shape index (κ3) is 3.39. The first-order valence-corrected chi connectivity index (χ1v) is 10.1. The fraction of sp³-hybridized carbons (Fsp3) is 0.348. The highest BCUT2D eigenvalue weighted by molar-refractivity contribution is 5.97. The Labute approximate surface area is 168 Å². The second-order valence-electron chi connectivity index (χ2n) is 7.85. The molecule has 1 heterocycles. The van der Waals surface area contributed by atoms with Crippen molar-refractivity contribution in [3.05, 3.63) is 79.9 Å². The number of aromatic nitrogens is 2. The van der Waals surface area contributed by atoms with Crippen molar-refractivity contribution in [1.82, 2.24) is 14.9 Å². The molecule has 1 aromatic heterocycles. The van der Waals surface area contributed by atoms with Gasteiger partial charge in [-0.15, -0.1) is 0 Å². The van der Waals surface area contributed by atoms with Gasteiger partial charge in [0.2, 0.25) is 0 Å². The van der Waals surface area contributed by atoms with E-state index >= 15 is 0 Å². The van der Waals surface area contributed by atoms with E-state index in [4.69, 9.17) is 0 Å². The van der Waals surface area contributed by atoms with Crippen LogP contribution >= 0.6 is 0 Å². The van der Waals surface area contributed by atoms with Crippen LogP contribution in [0.25, 0.3) is 11.0 Å². The molecule has 0 saturated heterocycles. The standard InChI is InChI=1S/C23H25N3O3/c1-3-26-19-10-9-16(14-18(19)24-21(28)22(26)29)20(27)25-23(11-4-5-12-23)17-8-6-7-15(2)13-17/h6-10,13-14H,3-5,11-12H2,1-2H3,(H,24,28)(H,25,27). The summed E-state index contributed by atoms with van der Waals surface area (Å²) in [6, 6.07) is 13.4. The number of aryl methyl sites for hydroxylation is 2. The van der Waals surface area contributed by atoms with Crippen LogP contribution in [-0.2, 0) is 12.1 Å². The number of hydrogen-bond acceptors (Lipinski definition) is 3. The zero-order valence-electron chi connectivity index (χ0n) is 16.7. The third-order valence-electron chi connectivity index (χ3n) is 5.93. The van der Waals surface area contributed by atoms with Crippen LogP contribution in [0.15, 0.2) is 52.1 Å². The Bertz CT molecular complexity index is 1200. The summed E-state index contributed by atoms with van der Waals surface area (Å²) >= 11 is 0. The van der Waals surface area contributed by atoms with Crippen LogP contribution in [0, 0.1) is 6.92 Å². The van der Waals surface area contributed by atoms with Gasteiger partial charge in [0.1, 0.15) is 0 Å². The lowest BCUT2D eigenvalue weighted by atomic mass is 9.87. The van der Waals surface area contributed by atoms with Crippen molar-refractivity contribution in [3.63, 3.8) is 0 Å². The first-order chi connectivity index (χ1) is 13.9. The normalized spacial score (nSPS) is 15.5. The molecule has 150 valence electrons. The Morgan fingerprint density at radius 3 is 2.59 bits per heavy atom. The van der Waals surface area contributed by atoms with E-state index in [1.807, 2.05) is 13.0 Å². The number of carbonyl (C=O) groups is 1. The molecule has 0 unspecified atom stereocenters. The van der Waals surface area contributed by atoms with E-state index in [1.165, 1.54) is 10.1 Å². The summed E-state index contributed by atoms with van der Waals surface area (Å²) in [6.45, 7) is 4.26. The van der Waals surface area contributed by atoms with Crippen LogP contribution in [0.2, 0.25) is 0 Å². The molecule has 2 aromatic carbocycles. The lowest BCUT2D eigenvalue weighted by molar-refractivity contribution is 0.0898. The van der Waals surface area contributed by atoms with Gasteiger partial charge in [0, 0.05) is 12.1 Å². The van der Waals surface area contributed by atoms with E-state index < -0.39 is 11.1 Å². The van der Waals surface area contributed by atoms with Gasteiger partial charge in [-0.1, -0.05) is 42.7 Å². The number of amides is 1. The molecule has 0 radical (unpaired) electrons. The van der Waals surface area contributed by atoms with Crippen molar-refractivity contribution in [1.29, 1.82) is 0 Å². The molecule has 0 aliphatic heterocycles. The second-order valence-corrected chi connectivity index (χ2v) is 7.85. The molecule has 1 saturated carbocycles. The van der Waals surface area contributed by atoms with Gasteiger partial charge in [0.05, 0.1) is 16.6 Å². The fourth-order valence-corrected chi connectivity index (χ4v) is 4.43. The van der Waals surface area contributed by atoms with E-state index in [0.29, 0.717) is 23.1 Å². The van der Waals surface area contributed by atoms with Gasteiger partial charge in [0.15, 0.2) is 0 Å². The highest BCUT2D eigenvalue weighted by Gasteiger charge is 2.37. The largest absolute Gasteiger partial charge is 0.343 e. The number of nitrogens with zero attached hydrogens (tertiary/aromatic N) is 1. The van der Waals surface area contributed by atoms with Crippen LogP contribution in [0.3, 0.4) is 0 Å². The van der Waals surface area contributed by atoms with Crippen molar-refractivity contribution in [3.8, 4) is 0 Å². The summed E-state index contributed by atoms with van der Waals surface area (Å²) < 4.78 is 1.42. The van der Waals surface area contributed by atoms with Crippen LogP contribution in [0.5, 0.6) is 0 Å². The Morgan fingerprint density at radius 2 is 1.90 bits per heavy atom. The van der Waals surface area contributed by atoms with E-state index in [2.05, 4.69) is 35.4 Å². The molecule has 0 bridgehead atoms. The molecule has 6 heteroatoms. The third-order valence-corrected chi connectivity index (χ3v) is 5.93. The average Bonchev–Trinajstić information content (AvgIpc) is 3.18. The van der Waals surface area contributed by atoms with Gasteiger partial charge in [-0.25, -0.2) is 0 Å². The number of rotatable bonds is 4. The van der Waals surface area contributed by atoms with Crippen LogP contribution in [0.4, 0.5) is 0 Å². The maximum atomic E-state index is 13.1. The molecule has 1 aliphatic rings. The summed E-state index contributed by atoms with van der Waals surface area (Å²) in [5.41, 5.74) is 2.25. The van der Waals surface area contributed by atoms with Gasteiger partial charge >= 0.3 is 11.1 Å². The summed E-state index contributed by atoms with van der Waals surface area (Å²) in [4.78, 5) is 39.7. The first-order valence-electron chi connectivity index (χ1n) is 10.1. The number of benzene rings is 2. The van der Waals surface area contributed by atoms with Gasteiger partial charge in [-0.05, 0) is 50.5 Å². The quantitative estimate of drug-likeness (QED) is 0.670. The minimum Gasteiger partial charge on any atom is -0.343 e. The molecule has 2 N–H and O–H groups in total. The van der Waals surface area contributed by atoms with Gasteiger partial charge in [0.25, 0.3) is 5.91 Å². The predicted octanol–water partition coefficient (Wildman–Crippen LogP) is 3.22. The zero-order chi connectivity index (χ0) is 20.6. The monoisotopic (exact) mass is 391 g/mol. The Hall–Kier alpha value is -3.15. The van der Waals surface area contributed by atoms with E-state index in [9.17, 15) is 14.4 Å². The van der Waals surface area contributed by atoms with Gasteiger partial charge < -0.3 is 14.9 Å². The summed E-state index contributed by atoms with van der Waals surface area (Å²) in [5.74, 6) is -0.176. The zero-order valence-corrected chi connectivity index (χ0v) is 16.7. The smallest absolute Gasteiger partial charge is 0.316 e. The SMILES string of the molecule is CCn1c(=O)c(=O)[nH]c2cc(C(=O)NC3(c4cccc(C)c4)CCCC3)ccc21. The number of H-pyrrole nitrogens is 1. The minimum atomic E-state index is -0.677. The summed E-state index contributed by atoms with van der Waals surface area (Å²) in [7, 11) is 0. The van der Waals surface area contributed by atoms with Crippen molar-refractivity contribution in [2.45, 2.75) is 51.6 Å². The number of fused-ring (bicyclic) bond motifs is 1. The van der Waals surface area contributed by atoms with Crippen molar-refractivity contribution >= 4 is 16.9 Å². The molecule has 0 atom stereocenters. The van der Waals surface area contributed by atoms with Gasteiger partial charge in [-0.3, -0.25) is 14.4 Å². The van der Waals surface area contributed by atoms with Crippen molar-refractivity contribution < 1.29 is 4.79 Å². The van der Waals surface area contributed by atoms with E-state index in [1.54, 1.807) is 18.2 Å². The molecule has 1 aliphatic carbocycles. The number of nitrogens with one attached hydrogen (secondary N) is 2. The molecule has 1 fully saturated rings. The topological polar surface area (TPSA) is 84.0 Å². The molecular formula is C23H25N3O3.